The number of benzene rings is 1. The number of aromatic nitrogens is 2. The van der Waals surface area contributed by atoms with Crippen LogP contribution >= 0.6 is 0 Å². The number of hydrogen-bond donors (Lipinski definition) is 1. The lowest BCUT2D eigenvalue weighted by molar-refractivity contribution is 0.0935. The fraction of sp³-hybridized carbons (Fsp3) is 0.312. The Labute approximate surface area is 132 Å². The van der Waals surface area contributed by atoms with Crippen LogP contribution in [0.25, 0.3) is 0 Å². The first-order valence-electron chi connectivity index (χ1n) is 7.32. The fourth-order valence-electron chi connectivity index (χ4n) is 2.60. The average molecular weight is 318 g/mol. The van der Waals surface area contributed by atoms with Crippen molar-refractivity contribution in [3.8, 4) is 0 Å². The van der Waals surface area contributed by atoms with Gasteiger partial charge in [-0.25, -0.2) is 13.8 Å². The van der Waals surface area contributed by atoms with Gasteiger partial charge in [0, 0.05) is 31.4 Å². The van der Waals surface area contributed by atoms with Crippen LogP contribution in [0.2, 0.25) is 0 Å². The van der Waals surface area contributed by atoms with Crippen LogP contribution in [0.3, 0.4) is 0 Å². The molecule has 0 aliphatic carbocycles. The first kappa shape index (κ1) is 15.3. The van der Waals surface area contributed by atoms with Gasteiger partial charge in [-0.15, -0.1) is 0 Å². The quantitative estimate of drug-likeness (QED) is 0.941. The van der Waals surface area contributed by atoms with E-state index in [2.05, 4.69) is 15.3 Å². The zero-order valence-corrected chi connectivity index (χ0v) is 12.6. The van der Waals surface area contributed by atoms with E-state index in [4.69, 9.17) is 0 Å². The molecule has 0 bridgehead atoms. The molecule has 0 radical (unpaired) electrons. The predicted octanol–water partition coefficient (Wildman–Crippen LogP) is 2.07. The van der Waals surface area contributed by atoms with Crippen LogP contribution in [-0.4, -0.2) is 35.0 Å². The highest BCUT2D eigenvalue weighted by atomic mass is 19.1. The smallest absolute Gasteiger partial charge is 0.271 e. The number of carbonyl (C=O) groups excluding carboxylic acids is 1. The summed E-state index contributed by atoms with van der Waals surface area (Å²) in [6.45, 7) is 2.85. The summed E-state index contributed by atoms with van der Waals surface area (Å²) in [5, 5.41) is 2.87. The molecule has 23 heavy (non-hydrogen) atoms. The van der Waals surface area contributed by atoms with Gasteiger partial charge in [0.1, 0.15) is 17.3 Å². The van der Waals surface area contributed by atoms with Gasteiger partial charge in [0.25, 0.3) is 5.91 Å². The molecule has 1 aromatic carbocycles. The highest BCUT2D eigenvalue weighted by molar-refractivity contribution is 5.92. The summed E-state index contributed by atoms with van der Waals surface area (Å²) in [5.41, 5.74) is 1.33. The molecule has 1 saturated heterocycles. The number of hydrogen-bond acceptors (Lipinski definition) is 4. The predicted molar refractivity (Wildman–Crippen MR) is 81.2 cm³/mol. The Morgan fingerprint density at radius 3 is 2.83 bits per heavy atom. The highest BCUT2D eigenvalue weighted by Gasteiger charge is 2.26. The molecular weight excluding hydrogens is 302 g/mol. The molecule has 1 atom stereocenters. The van der Waals surface area contributed by atoms with Gasteiger partial charge >= 0.3 is 0 Å². The SMILES string of the molecule is Cc1cnc(C(=O)N[C@H]2CCN(c3ccc(F)cc3F)C2)cn1. The van der Waals surface area contributed by atoms with Crippen LogP contribution < -0.4 is 10.2 Å². The molecule has 1 aliphatic heterocycles. The summed E-state index contributed by atoms with van der Waals surface area (Å²) >= 11 is 0. The molecule has 0 saturated carbocycles. The van der Waals surface area contributed by atoms with Crippen LogP contribution in [0.4, 0.5) is 14.5 Å². The maximum Gasteiger partial charge on any atom is 0.271 e. The van der Waals surface area contributed by atoms with E-state index in [1.165, 1.54) is 24.5 Å². The number of anilines is 1. The molecular formula is C16H16F2N4O. The summed E-state index contributed by atoms with van der Waals surface area (Å²) in [6.07, 6.45) is 3.64. The molecule has 2 heterocycles. The van der Waals surface area contributed by atoms with E-state index in [0.29, 0.717) is 25.2 Å². The number of nitrogens with one attached hydrogen (secondary N) is 1. The molecule has 2 aromatic rings. The Morgan fingerprint density at radius 1 is 1.30 bits per heavy atom. The summed E-state index contributed by atoms with van der Waals surface area (Å²) in [5.74, 6) is -1.50. The van der Waals surface area contributed by atoms with Crippen molar-refractivity contribution in [3.05, 3.63) is 53.6 Å². The van der Waals surface area contributed by atoms with Gasteiger partial charge in [0.05, 0.1) is 17.6 Å². The van der Waals surface area contributed by atoms with Crippen LogP contribution in [0.5, 0.6) is 0 Å². The summed E-state index contributed by atoms with van der Waals surface area (Å²) in [6, 6.07) is 3.39. The van der Waals surface area contributed by atoms with Crippen molar-refractivity contribution in [2.24, 2.45) is 0 Å². The second-order valence-electron chi connectivity index (χ2n) is 5.54. The van der Waals surface area contributed by atoms with Crippen molar-refractivity contribution in [1.29, 1.82) is 0 Å². The number of aryl methyl sites for hydroxylation is 1. The largest absolute Gasteiger partial charge is 0.367 e. The third-order valence-corrected chi connectivity index (χ3v) is 3.79. The third-order valence-electron chi connectivity index (χ3n) is 3.79. The molecule has 0 spiro atoms. The fourth-order valence-corrected chi connectivity index (χ4v) is 2.60. The Balaban J connectivity index is 1.63. The molecule has 7 heteroatoms. The summed E-state index contributed by atoms with van der Waals surface area (Å²) < 4.78 is 26.8. The summed E-state index contributed by atoms with van der Waals surface area (Å²) in [4.78, 5) is 22.0. The first-order valence-corrected chi connectivity index (χ1v) is 7.32. The van der Waals surface area contributed by atoms with E-state index in [9.17, 15) is 13.6 Å². The van der Waals surface area contributed by atoms with Crippen molar-refractivity contribution in [3.63, 3.8) is 0 Å². The zero-order chi connectivity index (χ0) is 16.4. The molecule has 5 nitrogen and oxygen atoms in total. The third kappa shape index (κ3) is 3.44. The molecule has 120 valence electrons. The number of halogens is 2. The van der Waals surface area contributed by atoms with E-state index in [0.717, 1.165) is 11.8 Å². The van der Waals surface area contributed by atoms with E-state index >= 15 is 0 Å². The molecule has 1 aliphatic rings. The van der Waals surface area contributed by atoms with E-state index in [-0.39, 0.29) is 17.6 Å². The minimum absolute atomic E-state index is 0.116. The van der Waals surface area contributed by atoms with Crippen LogP contribution in [0, 0.1) is 18.6 Å². The van der Waals surface area contributed by atoms with Gasteiger partial charge in [-0.1, -0.05) is 0 Å². The van der Waals surface area contributed by atoms with Gasteiger partial charge in [-0.3, -0.25) is 9.78 Å². The molecule has 1 fully saturated rings. The minimum Gasteiger partial charge on any atom is -0.367 e. The van der Waals surface area contributed by atoms with Gasteiger partial charge in [-0.2, -0.15) is 0 Å². The molecule has 0 unspecified atom stereocenters. The minimum atomic E-state index is -0.603. The molecule has 1 aromatic heterocycles. The number of carbonyl (C=O) groups is 1. The van der Waals surface area contributed by atoms with Crippen LogP contribution in [-0.2, 0) is 0 Å². The number of amides is 1. The maximum absolute atomic E-state index is 13.8. The second kappa shape index (κ2) is 6.28. The second-order valence-corrected chi connectivity index (χ2v) is 5.54. The standard InChI is InChI=1S/C16H16F2N4O/c1-10-7-20-14(8-19-10)16(23)21-12-4-5-22(9-12)15-3-2-11(17)6-13(15)18/h2-3,6-8,12H,4-5,9H2,1H3,(H,21,23)/t12-/m0/s1. The van der Waals surface area contributed by atoms with Gasteiger partial charge in [-0.05, 0) is 25.5 Å². The normalized spacial score (nSPS) is 17.3. The van der Waals surface area contributed by atoms with Crippen molar-refractivity contribution < 1.29 is 13.6 Å². The van der Waals surface area contributed by atoms with Crippen LogP contribution in [0.1, 0.15) is 22.6 Å². The lowest BCUT2D eigenvalue weighted by atomic mass is 10.2. The Morgan fingerprint density at radius 2 is 2.13 bits per heavy atom. The van der Waals surface area contributed by atoms with Gasteiger partial charge < -0.3 is 10.2 Å². The van der Waals surface area contributed by atoms with Gasteiger partial charge in [0.2, 0.25) is 0 Å². The van der Waals surface area contributed by atoms with Crippen LogP contribution in [0.15, 0.2) is 30.6 Å². The highest BCUT2D eigenvalue weighted by Crippen LogP contribution is 2.24. The summed E-state index contributed by atoms with van der Waals surface area (Å²) in [7, 11) is 0. The Bertz CT molecular complexity index is 721. The zero-order valence-electron chi connectivity index (χ0n) is 12.6. The van der Waals surface area contributed by atoms with Crippen molar-refractivity contribution >= 4 is 11.6 Å². The van der Waals surface area contributed by atoms with Crippen molar-refractivity contribution in [1.82, 2.24) is 15.3 Å². The number of rotatable bonds is 3. The topological polar surface area (TPSA) is 58.1 Å². The maximum atomic E-state index is 13.8. The first-order chi connectivity index (χ1) is 11.0. The van der Waals surface area contributed by atoms with E-state index in [1.807, 2.05) is 0 Å². The molecule has 3 rings (SSSR count). The Hall–Kier alpha value is -2.57. The van der Waals surface area contributed by atoms with Crippen molar-refractivity contribution in [2.75, 3.05) is 18.0 Å². The molecule has 1 N–H and O–H groups in total. The average Bonchev–Trinajstić information content (AvgIpc) is 2.96. The van der Waals surface area contributed by atoms with Gasteiger partial charge in [0.15, 0.2) is 0 Å². The van der Waals surface area contributed by atoms with Crippen molar-refractivity contribution in [2.45, 2.75) is 19.4 Å². The van der Waals surface area contributed by atoms with E-state index in [1.54, 1.807) is 11.8 Å². The molecule has 1 amide bonds. The Kier molecular flexibility index (Phi) is 4.18. The monoisotopic (exact) mass is 318 g/mol. The lowest BCUT2D eigenvalue weighted by Gasteiger charge is -2.19. The lowest BCUT2D eigenvalue weighted by Crippen LogP contribution is -2.37. The number of nitrogens with zero attached hydrogens (tertiary/aromatic N) is 3. The van der Waals surface area contributed by atoms with E-state index < -0.39 is 11.6 Å².